The van der Waals surface area contributed by atoms with Gasteiger partial charge in [-0.15, -0.1) is 13.2 Å². The van der Waals surface area contributed by atoms with E-state index < -0.39 is 6.36 Å². The van der Waals surface area contributed by atoms with Crippen molar-refractivity contribution in [3.05, 3.63) is 71.0 Å². The van der Waals surface area contributed by atoms with Gasteiger partial charge in [0.25, 0.3) is 0 Å². The van der Waals surface area contributed by atoms with Crippen LogP contribution in [0.15, 0.2) is 48.7 Å². The van der Waals surface area contributed by atoms with Crippen molar-refractivity contribution < 1.29 is 32.2 Å². The highest BCUT2D eigenvalue weighted by molar-refractivity contribution is 5.77. The molecule has 3 rings (SSSR count). The number of benzene rings is 2. The molecule has 0 amide bonds. The smallest absolute Gasteiger partial charge is 0.493 e. The number of Topliss-reactive ketones (excluding diaryl/α,β-unsaturated/α-hetero) is 1. The summed E-state index contributed by atoms with van der Waals surface area (Å²) in [6, 6.07) is 11.0. The highest BCUT2D eigenvalue weighted by atomic mass is 19.4. The van der Waals surface area contributed by atoms with Gasteiger partial charge in [0, 0.05) is 29.7 Å². The summed E-state index contributed by atoms with van der Waals surface area (Å²) in [5, 5.41) is 6.96. The number of carbonyl (C=O) groups is 1. The van der Waals surface area contributed by atoms with Crippen molar-refractivity contribution in [1.82, 2.24) is 10.2 Å². The summed E-state index contributed by atoms with van der Waals surface area (Å²) in [5.74, 6) is 0.216. The first-order valence-electron chi connectivity index (χ1n) is 9.82. The molecule has 2 aromatic carbocycles. The van der Waals surface area contributed by atoms with E-state index in [-0.39, 0.29) is 36.0 Å². The van der Waals surface area contributed by atoms with Gasteiger partial charge in [-0.1, -0.05) is 24.3 Å². The molecule has 0 aliphatic carbocycles. The molecule has 0 fully saturated rings. The monoisotopic (exact) mass is 448 g/mol. The minimum Gasteiger partial charge on any atom is -0.493 e. The standard InChI is InChI=1S/C23H23F3N2O4/c1-14(29)10-18(19-12-27-28-15(19)2)16-8-9-21(22(11-16)30-3)31-13-17-6-4-5-7-20(17)32-23(24,25)26/h4-9,11-12,18H,10,13H2,1-3H3,(H,27,28). The number of carbonyl (C=O) groups excluding carboxylic acids is 1. The van der Waals surface area contributed by atoms with Crippen LogP contribution >= 0.6 is 0 Å². The first-order valence-corrected chi connectivity index (χ1v) is 9.82. The predicted octanol–water partition coefficient (Wildman–Crippen LogP) is 5.32. The van der Waals surface area contributed by atoms with E-state index in [1.807, 2.05) is 6.92 Å². The average Bonchev–Trinajstić information content (AvgIpc) is 3.15. The van der Waals surface area contributed by atoms with Crippen molar-refractivity contribution in [2.24, 2.45) is 0 Å². The van der Waals surface area contributed by atoms with Crippen molar-refractivity contribution in [2.75, 3.05) is 7.11 Å². The number of nitrogens with one attached hydrogen (secondary N) is 1. The second kappa shape index (κ2) is 9.76. The Balaban J connectivity index is 1.85. The maximum absolute atomic E-state index is 12.6. The number of hydrogen-bond donors (Lipinski definition) is 1. The number of aromatic nitrogens is 2. The Labute approximate surface area is 183 Å². The largest absolute Gasteiger partial charge is 0.573 e. The summed E-state index contributed by atoms with van der Waals surface area (Å²) in [4.78, 5) is 11.9. The van der Waals surface area contributed by atoms with E-state index in [0.717, 1.165) is 16.8 Å². The lowest BCUT2D eigenvalue weighted by Gasteiger charge is -2.19. The predicted molar refractivity (Wildman–Crippen MR) is 111 cm³/mol. The molecule has 0 saturated carbocycles. The van der Waals surface area contributed by atoms with Crippen LogP contribution in [0.4, 0.5) is 13.2 Å². The molecule has 0 radical (unpaired) electrons. The van der Waals surface area contributed by atoms with Gasteiger partial charge in [0.2, 0.25) is 0 Å². The molecule has 1 unspecified atom stereocenters. The zero-order chi connectivity index (χ0) is 23.3. The number of methoxy groups -OCH3 is 1. The minimum absolute atomic E-state index is 0.0242. The number of aryl methyl sites for hydroxylation is 1. The maximum Gasteiger partial charge on any atom is 0.573 e. The molecule has 3 aromatic rings. The van der Waals surface area contributed by atoms with E-state index in [1.165, 1.54) is 32.2 Å². The Morgan fingerprint density at radius 1 is 1.12 bits per heavy atom. The van der Waals surface area contributed by atoms with Gasteiger partial charge in [0.1, 0.15) is 18.1 Å². The van der Waals surface area contributed by atoms with Crippen LogP contribution in [0, 0.1) is 6.92 Å². The molecule has 6 nitrogen and oxygen atoms in total. The molecule has 1 aromatic heterocycles. The molecule has 0 aliphatic heterocycles. The number of nitrogens with zero attached hydrogens (tertiary/aromatic N) is 1. The number of H-pyrrole nitrogens is 1. The second-order valence-electron chi connectivity index (χ2n) is 7.24. The van der Waals surface area contributed by atoms with Gasteiger partial charge in [-0.3, -0.25) is 9.89 Å². The van der Waals surface area contributed by atoms with Crippen LogP contribution < -0.4 is 14.2 Å². The van der Waals surface area contributed by atoms with Crippen molar-refractivity contribution in [2.45, 2.75) is 39.2 Å². The van der Waals surface area contributed by atoms with Gasteiger partial charge < -0.3 is 14.2 Å². The Bertz CT molecular complexity index is 1080. The number of ketones is 1. The molecular formula is C23H23F3N2O4. The van der Waals surface area contributed by atoms with E-state index in [0.29, 0.717) is 11.5 Å². The van der Waals surface area contributed by atoms with E-state index in [1.54, 1.807) is 30.5 Å². The Morgan fingerprint density at radius 2 is 1.88 bits per heavy atom. The number of para-hydroxylation sites is 1. The van der Waals surface area contributed by atoms with Crippen molar-refractivity contribution in [3.63, 3.8) is 0 Å². The van der Waals surface area contributed by atoms with E-state index in [2.05, 4.69) is 14.9 Å². The van der Waals surface area contributed by atoms with Gasteiger partial charge >= 0.3 is 6.36 Å². The Hall–Kier alpha value is -3.49. The fourth-order valence-electron chi connectivity index (χ4n) is 3.44. The third-order valence-electron chi connectivity index (χ3n) is 4.91. The Morgan fingerprint density at radius 3 is 2.50 bits per heavy atom. The fourth-order valence-corrected chi connectivity index (χ4v) is 3.44. The van der Waals surface area contributed by atoms with Gasteiger partial charge in [0.15, 0.2) is 11.5 Å². The molecular weight excluding hydrogens is 425 g/mol. The van der Waals surface area contributed by atoms with Crippen LogP contribution in [-0.2, 0) is 11.4 Å². The highest BCUT2D eigenvalue weighted by Crippen LogP contribution is 2.37. The number of halogens is 3. The van der Waals surface area contributed by atoms with E-state index in [9.17, 15) is 18.0 Å². The SMILES string of the molecule is COc1cc(C(CC(C)=O)c2c[nH]nc2C)ccc1OCc1ccccc1OC(F)(F)F. The molecule has 1 heterocycles. The molecule has 9 heteroatoms. The van der Waals surface area contributed by atoms with Gasteiger partial charge in [-0.05, 0) is 37.6 Å². The van der Waals surface area contributed by atoms with Crippen molar-refractivity contribution in [3.8, 4) is 17.2 Å². The lowest BCUT2D eigenvalue weighted by molar-refractivity contribution is -0.275. The second-order valence-corrected chi connectivity index (χ2v) is 7.24. The molecule has 170 valence electrons. The number of ether oxygens (including phenoxy) is 3. The molecule has 1 atom stereocenters. The van der Waals surface area contributed by atoms with Crippen LogP contribution in [0.1, 0.15) is 41.6 Å². The third-order valence-corrected chi connectivity index (χ3v) is 4.91. The minimum atomic E-state index is -4.80. The topological polar surface area (TPSA) is 73.4 Å². The summed E-state index contributed by atoms with van der Waals surface area (Å²) in [5.41, 5.74) is 2.75. The van der Waals surface area contributed by atoms with Crippen molar-refractivity contribution >= 4 is 5.78 Å². The summed E-state index contributed by atoms with van der Waals surface area (Å²) in [6.07, 6.45) is -2.75. The molecule has 1 N–H and O–H groups in total. The van der Waals surface area contributed by atoms with Gasteiger partial charge in [-0.25, -0.2) is 0 Å². The number of alkyl halides is 3. The molecule has 32 heavy (non-hydrogen) atoms. The molecule has 0 spiro atoms. The van der Waals surface area contributed by atoms with Crippen LogP contribution in [0.5, 0.6) is 17.2 Å². The Kier molecular flexibility index (Phi) is 7.07. The zero-order valence-corrected chi connectivity index (χ0v) is 17.8. The number of rotatable bonds is 9. The lowest BCUT2D eigenvalue weighted by atomic mass is 9.87. The fraction of sp³-hybridized carbons (Fsp3) is 0.304. The number of aromatic amines is 1. The highest BCUT2D eigenvalue weighted by Gasteiger charge is 2.32. The van der Waals surface area contributed by atoms with Crippen LogP contribution in [0.25, 0.3) is 0 Å². The maximum atomic E-state index is 12.6. The van der Waals surface area contributed by atoms with Gasteiger partial charge in [0.05, 0.1) is 12.8 Å². The molecule has 0 aliphatic rings. The van der Waals surface area contributed by atoms with Crippen LogP contribution in [-0.4, -0.2) is 29.5 Å². The summed E-state index contributed by atoms with van der Waals surface area (Å²) >= 11 is 0. The first-order chi connectivity index (χ1) is 15.2. The normalized spacial score (nSPS) is 12.3. The molecule has 0 saturated heterocycles. The summed E-state index contributed by atoms with van der Waals surface area (Å²) in [7, 11) is 1.47. The van der Waals surface area contributed by atoms with Crippen molar-refractivity contribution in [1.29, 1.82) is 0 Å². The lowest BCUT2D eigenvalue weighted by Crippen LogP contribution is -2.18. The summed E-state index contributed by atoms with van der Waals surface area (Å²) < 4.78 is 53.2. The van der Waals surface area contributed by atoms with Gasteiger partial charge in [-0.2, -0.15) is 5.10 Å². The summed E-state index contributed by atoms with van der Waals surface area (Å²) in [6.45, 7) is 3.23. The molecule has 0 bridgehead atoms. The first kappa shape index (κ1) is 23.2. The third kappa shape index (κ3) is 5.81. The quantitative estimate of drug-likeness (QED) is 0.480. The average molecular weight is 448 g/mol. The van der Waals surface area contributed by atoms with E-state index >= 15 is 0 Å². The van der Waals surface area contributed by atoms with E-state index in [4.69, 9.17) is 9.47 Å². The van der Waals surface area contributed by atoms with Crippen LogP contribution in [0.2, 0.25) is 0 Å². The van der Waals surface area contributed by atoms with Crippen LogP contribution in [0.3, 0.4) is 0 Å². The zero-order valence-electron chi connectivity index (χ0n) is 17.8. The number of hydrogen-bond acceptors (Lipinski definition) is 5.